The summed E-state index contributed by atoms with van der Waals surface area (Å²) in [6, 6.07) is 6.76. The normalized spacial score (nSPS) is 11.6. The molecule has 0 spiro atoms. The highest BCUT2D eigenvalue weighted by atomic mass is 32.2. The number of rotatable bonds is 3. The number of nitrogens with zero attached hydrogens (tertiary/aromatic N) is 3. The lowest BCUT2D eigenvalue weighted by atomic mass is 10.3. The van der Waals surface area contributed by atoms with Crippen LogP contribution < -0.4 is 10.0 Å². The standard InChI is InChI=1S/C13H18N4O2S/c1-9-13(10(2)16(3)15-9)20(18,19)17(4)12-7-5-6-11(14)8-12/h5-8H,14H2,1-4H3. The fourth-order valence-electron chi connectivity index (χ4n) is 2.12. The highest BCUT2D eigenvalue weighted by molar-refractivity contribution is 7.92. The topological polar surface area (TPSA) is 81.2 Å². The molecule has 6 nitrogen and oxygen atoms in total. The molecule has 20 heavy (non-hydrogen) atoms. The number of aromatic nitrogens is 2. The quantitative estimate of drug-likeness (QED) is 0.869. The van der Waals surface area contributed by atoms with E-state index in [1.165, 1.54) is 11.4 Å². The third-order valence-electron chi connectivity index (χ3n) is 3.29. The van der Waals surface area contributed by atoms with Gasteiger partial charge in [0.15, 0.2) is 0 Å². The molecule has 0 fully saturated rings. The van der Waals surface area contributed by atoms with E-state index >= 15 is 0 Å². The highest BCUT2D eigenvalue weighted by Gasteiger charge is 2.28. The summed E-state index contributed by atoms with van der Waals surface area (Å²) >= 11 is 0. The minimum absolute atomic E-state index is 0.241. The van der Waals surface area contributed by atoms with E-state index in [0.29, 0.717) is 22.8 Å². The molecule has 0 saturated heterocycles. The van der Waals surface area contributed by atoms with Crippen LogP contribution in [0.2, 0.25) is 0 Å². The van der Waals surface area contributed by atoms with E-state index < -0.39 is 10.0 Å². The second kappa shape index (κ2) is 4.82. The molecule has 1 heterocycles. The molecule has 0 bridgehead atoms. The van der Waals surface area contributed by atoms with Gasteiger partial charge in [-0.05, 0) is 32.0 Å². The average Bonchev–Trinajstić information content (AvgIpc) is 2.62. The second-order valence-electron chi connectivity index (χ2n) is 4.69. The Balaban J connectivity index is 2.55. The summed E-state index contributed by atoms with van der Waals surface area (Å²) in [7, 11) is -0.421. The van der Waals surface area contributed by atoms with Gasteiger partial charge in [-0.3, -0.25) is 8.99 Å². The maximum atomic E-state index is 12.7. The number of nitrogens with two attached hydrogens (primary N) is 1. The van der Waals surface area contributed by atoms with Crippen LogP contribution in [0.3, 0.4) is 0 Å². The molecule has 2 rings (SSSR count). The van der Waals surface area contributed by atoms with Gasteiger partial charge < -0.3 is 5.73 Å². The van der Waals surface area contributed by atoms with Gasteiger partial charge in [-0.15, -0.1) is 0 Å². The van der Waals surface area contributed by atoms with Crippen molar-refractivity contribution in [3.63, 3.8) is 0 Å². The summed E-state index contributed by atoms with van der Waals surface area (Å²) in [5.74, 6) is 0. The molecule has 2 aromatic rings. The zero-order chi connectivity index (χ0) is 15.1. The molecule has 0 aliphatic carbocycles. The van der Waals surface area contributed by atoms with Crippen LogP contribution in [0.5, 0.6) is 0 Å². The van der Waals surface area contributed by atoms with Gasteiger partial charge in [-0.1, -0.05) is 6.07 Å². The first-order valence-electron chi connectivity index (χ1n) is 6.10. The number of nitrogen functional groups attached to an aromatic ring is 1. The van der Waals surface area contributed by atoms with E-state index in [9.17, 15) is 8.42 Å². The van der Waals surface area contributed by atoms with Gasteiger partial charge in [-0.2, -0.15) is 5.10 Å². The molecule has 0 aliphatic rings. The average molecular weight is 294 g/mol. The van der Waals surface area contributed by atoms with E-state index in [2.05, 4.69) is 5.10 Å². The van der Waals surface area contributed by atoms with Gasteiger partial charge in [0.25, 0.3) is 10.0 Å². The lowest BCUT2D eigenvalue weighted by Crippen LogP contribution is -2.27. The van der Waals surface area contributed by atoms with E-state index in [1.807, 2.05) is 0 Å². The van der Waals surface area contributed by atoms with Crippen LogP contribution in [0, 0.1) is 13.8 Å². The Hall–Kier alpha value is -2.02. The number of benzene rings is 1. The lowest BCUT2D eigenvalue weighted by molar-refractivity contribution is 0.593. The summed E-state index contributed by atoms with van der Waals surface area (Å²) < 4.78 is 28.2. The molecule has 0 unspecified atom stereocenters. The smallest absolute Gasteiger partial charge is 0.267 e. The predicted octanol–water partition coefficient (Wildman–Crippen LogP) is 1.44. The molecule has 7 heteroatoms. The Kier molecular flexibility index (Phi) is 3.47. The van der Waals surface area contributed by atoms with Gasteiger partial charge in [-0.25, -0.2) is 8.42 Å². The fraction of sp³-hybridized carbons (Fsp3) is 0.308. The van der Waals surface area contributed by atoms with E-state index in [-0.39, 0.29) is 4.90 Å². The number of hydrogen-bond donors (Lipinski definition) is 1. The Morgan fingerprint density at radius 3 is 2.45 bits per heavy atom. The van der Waals surface area contributed by atoms with Crippen molar-refractivity contribution in [3.05, 3.63) is 35.7 Å². The SMILES string of the molecule is Cc1nn(C)c(C)c1S(=O)(=O)N(C)c1cccc(N)c1. The fourth-order valence-corrected chi connectivity index (χ4v) is 3.71. The van der Waals surface area contributed by atoms with Crippen molar-refractivity contribution in [2.24, 2.45) is 7.05 Å². The summed E-state index contributed by atoms with van der Waals surface area (Å²) in [5.41, 5.74) is 7.84. The monoisotopic (exact) mass is 294 g/mol. The van der Waals surface area contributed by atoms with Crippen LogP contribution in [0.4, 0.5) is 11.4 Å². The summed E-state index contributed by atoms with van der Waals surface area (Å²) in [5, 5.41) is 4.16. The predicted molar refractivity (Wildman–Crippen MR) is 79.1 cm³/mol. The molecule has 0 saturated carbocycles. The van der Waals surface area contributed by atoms with Crippen molar-refractivity contribution in [3.8, 4) is 0 Å². The molecule has 1 aromatic heterocycles. The molecular formula is C13H18N4O2S. The summed E-state index contributed by atoms with van der Waals surface area (Å²) in [6.45, 7) is 3.42. The maximum absolute atomic E-state index is 12.7. The molecule has 0 amide bonds. The first-order valence-corrected chi connectivity index (χ1v) is 7.54. The Bertz CT molecular complexity index is 750. The van der Waals surface area contributed by atoms with Crippen molar-refractivity contribution >= 4 is 21.4 Å². The third-order valence-corrected chi connectivity index (χ3v) is 5.33. The van der Waals surface area contributed by atoms with Crippen molar-refractivity contribution in [1.29, 1.82) is 0 Å². The highest BCUT2D eigenvalue weighted by Crippen LogP contribution is 2.27. The zero-order valence-corrected chi connectivity index (χ0v) is 12.8. The molecule has 2 N–H and O–H groups in total. The Morgan fingerprint density at radius 2 is 1.95 bits per heavy atom. The van der Waals surface area contributed by atoms with Crippen LogP contribution in [0.15, 0.2) is 29.2 Å². The maximum Gasteiger partial charge on any atom is 0.267 e. The van der Waals surface area contributed by atoms with Crippen LogP contribution in [-0.4, -0.2) is 25.2 Å². The van der Waals surface area contributed by atoms with Crippen molar-refractivity contribution in [2.45, 2.75) is 18.7 Å². The Morgan fingerprint density at radius 1 is 1.30 bits per heavy atom. The first kappa shape index (κ1) is 14.4. The zero-order valence-electron chi connectivity index (χ0n) is 12.0. The van der Waals surface area contributed by atoms with Gasteiger partial charge >= 0.3 is 0 Å². The van der Waals surface area contributed by atoms with Crippen molar-refractivity contribution in [1.82, 2.24) is 9.78 Å². The molecular weight excluding hydrogens is 276 g/mol. The van der Waals surface area contributed by atoms with E-state index in [0.717, 1.165) is 0 Å². The van der Waals surface area contributed by atoms with Crippen LogP contribution in [-0.2, 0) is 17.1 Å². The minimum Gasteiger partial charge on any atom is -0.399 e. The molecule has 108 valence electrons. The lowest BCUT2D eigenvalue weighted by Gasteiger charge is -2.20. The van der Waals surface area contributed by atoms with Crippen LogP contribution in [0.1, 0.15) is 11.4 Å². The number of anilines is 2. The van der Waals surface area contributed by atoms with Gasteiger partial charge in [0, 0.05) is 19.8 Å². The molecule has 1 aromatic carbocycles. The summed E-state index contributed by atoms with van der Waals surface area (Å²) in [4.78, 5) is 0.241. The van der Waals surface area contributed by atoms with Gasteiger partial charge in [0.05, 0.1) is 17.1 Å². The first-order chi connectivity index (χ1) is 9.25. The van der Waals surface area contributed by atoms with E-state index in [4.69, 9.17) is 5.73 Å². The van der Waals surface area contributed by atoms with Gasteiger partial charge in [0.2, 0.25) is 0 Å². The van der Waals surface area contributed by atoms with Gasteiger partial charge in [0.1, 0.15) is 4.90 Å². The second-order valence-corrected chi connectivity index (χ2v) is 6.60. The number of sulfonamides is 1. The number of hydrogen-bond acceptors (Lipinski definition) is 4. The largest absolute Gasteiger partial charge is 0.399 e. The van der Waals surface area contributed by atoms with Crippen molar-refractivity contribution < 1.29 is 8.42 Å². The Labute approximate surface area is 118 Å². The minimum atomic E-state index is -3.65. The molecule has 0 aliphatic heterocycles. The van der Waals surface area contributed by atoms with Crippen molar-refractivity contribution in [2.75, 3.05) is 17.1 Å². The summed E-state index contributed by atoms with van der Waals surface area (Å²) in [6.07, 6.45) is 0. The van der Waals surface area contributed by atoms with Crippen LogP contribution >= 0.6 is 0 Å². The van der Waals surface area contributed by atoms with E-state index in [1.54, 1.807) is 49.8 Å². The molecule has 0 radical (unpaired) electrons. The van der Waals surface area contributed by atoms with Crippen LogP contribution in [0.25, 0.3) is 0 Å². The third kappa shape index (κ3) is 2.24. The number of aryl methyl sites for hydroxylation is 2. The molecule has 0 atom stereocenters.